The van der Waals surface area contributed by atoms with E-state index in [-0.39, 0.29) is 22.7 Å². The molecule has 1 amide bonds. The molecular formula is C12H14ClFN2OS. The first-order valence-corrected chi connectivity index (χ1v) is 7.25. The molecule has 0 aromatic heterocycles. The van der Waals surface area contributed by atoms with Crippen molar-refractivity contribution in [2.45, 2.75) is 12.5 Å². The Labute approximate surface area is 114 Å². The van der Waals surface area contributed by atoms with Crippen LogP contribution in [0.4, 0.5) is 10.1 Å². The lowest BCUT2D eigenvalue weighted by Gasteiger charge is -2.22. The van der Waals surface area contributed by atoms with E-state index in [2.05, 4.69) is 10.6 Å². The summed E-state index contributed by atoms with van der Waals surface area (Å²) < 4.78 is 13.5. The van der Waals surface area contributed by atoms with Gasteiger partial charge in [0.2, 0.25) is 5.91 Å². The van der Waals surface area contributed by atoms with Crippen LogP contribution in [0.2, 0.25) is 5.02 Å². The fourth-order valence-electron chi connectivity index (χ4n) is 1.78. The molecular weight excluding hydrogens is 275 g/mol. The summed E-state index contributed by atoms with van der Waals surface area (Å²) in [6.45, 7) is 0.906. The van der Waals surface area contributed by atoms with Crippen LogP contribution in [0.1, 0.15) is 6.42 Å². The van der Waals surface area contributed by atoms with Crippen molar-refractivity contribution < 1.29 is 9.18 Å². The summed E-state index contributed by atoms with van der Waals surface area (Å²) >= 11 is 7.66. The Morgan fingerprint density at radius 2 is 2.44 bits per heavy atom. The molecule has 1 fully saturated rings. The van der Waals surface area contributed by atoms with Gasteiger partial charge in [0.1, 0.15) is 5.82 Å². The van der Waals surface area contributed by atoms with Crippen LogP contribution < -0.4 is 10.6 Å². The second-order valence-electron chi connectivity index (χ2n) is 4.07. The monoisotopic (exact) mass is 288 g/mol. The van der Waals surface area contributed by atoms with Gasteiger partial charge in [0.05, 0.1) is 10.7 Å². The maximum atomic E-state index is 13.5. The number of carbonyl (C=O) groups is 1. The summed E-state index contributed by atoms with van der Waals surface area (Å²) in [6, 6.07) is 4.48. The zero-order chi connectivity index (χ0) is 13.0. The van der Waals surface area contributed by atoms with Crippen molar-refractivity contribution in [3.8, 4) is 0 Å². The van der Waals surface area contributed by atoms with Crippen LogP contribution in [0, 0.1) is 5.82 Å². The average molecular weight is 289 g/mol. The van der Waals surface area contributed by atoms with Gasteiger partial charge in [-0.15, -0.1) is 0 Å². The first-order valence-electron chi connectivity index (χ1n) is 5.72. The number of halogens is 2. The SMILES string of the molecule is O=C(CC1CSCCN1)Nc1c(F)cccc1Cl. The largest absolute Gasteiger partial charge is 0.322 e. The van der Waals surface area contributed by atoms with Crippen LogP contribution in [0.5, 0.6) is 0 Å². The first kappa shape index (κ1) is 13.6. The zero-order valence-electron chi connectivity index (χ0n) is 9.71. The van der Waals surface area contributed by atoms with Crippen LogP contribution in [0.15, 0.2) is 18.2 Å². The van der Waals surface area contributed by atoms with E-state index in [1.165, 1.54) is 12.1 Å². The summed E-state index contributed by atoms with van der Waals surface area (Å²) in [5.74, 6) is 1.24. The summed E-state index contributed by atoms with van der Waals surface area (Å²) in [5, 5.41) is 6.00. The third-order valence-corrected chi connectivity index (χ3v) is 4.10. The Kier molecular flexibility index (Phi) is 4.86. The van der Waals surface area contributed by atoms with Gasteiger partial charge in [-0.3, -0.25) is 4.79 Å². The minimum Gasteiger partial charge on any atom is -0.322 e. The minimum atomic E-state index is -0.512. The van der Waals surface area contributed by atoms with Gasteiger partial charge in [-0.1, -0.05) is 17.7 Å². The third kappa shape index (κ3) is 3.60. The van der Waals surface area contributed by atoms with Crippen molar-refractivity contribution in [2.24, 2.45) is 0 Å². The van der Waals surface area contributed by atoms with Crippen LogP contribution in [-0.2, 0) is 4.79 Å². The highest BCUT2D eigenvalue weighted by atomic mass is 35.5. The highest BCUT2D eigenvalue weighted by Crippen LogP contribution is 2.24. The fourth-order valence-corrected chi connectivity index (χ4v) is 2.94. The maximum Gasteiger partial charge on any atom is 0.226 e. The fraction of sp³-hybridized carbons (Fsp3) is 0.417. The number of thioether (sulfide) groups is 1. The number of hydrogen-bond acceptors (Lipinski definition) is 3. The number of carbonyl (C=O) groups excluding carboxylic acids is 1. The molecule has 3 nitrogen and oxygen atoms in total. The van der Waals surface area contributed by atoms with E-state index in [0.29, 0.717) is 6.42 Å². The zero-order valence-corrected chi connectivity index (χ0v) is 11.3. The lowest BCUT2D eigenvalue weighted by molar-refractivity contribution is -0.116. The van der Waals surface area contributed by atoms with Crippen molar-refractivity contribution in [1.29, 1.82) is 0 Å². The van der Waals surface area contributed by atoms with Crippen LogP contribution in [-0.4, -0.2) is 30.0 Å². The second kappa shape index (κ2) is 6.41. The average Bonchev–Trinajstić information content (AvgIpc) is 2.35. The van der Waals surface area contributed by atoms with Gasteiger partial charge < -0.3 is 10.6 Å². The van der Waals surface area contributed by atoms with E-state index in [9.17, 15) is 9.18 Å². The number of anilines is 1. The van der Waals surface area contributed by atoms with E-state index < -0.39 is 5.82 Å². The normalized spacial score (nSPS) is 19.6. The van der Waals surface area contributed by atoms with E-state index >= 15 is 0 Å². The molecule has 1 saturated heterocycles. The molecule has 1 heterocycles. The summed E-state index contributed by atoms with van der Waals surface area (Å²) in [4.78, 5) is 11.8. The molecule has 2 rings (SSSR count). The number of benzene rings is 1. The number of rotatable bonds is 3. The maximum absolute atomic E-state index is 13.5. The quantitative estimate of drug-likeness (QED) is 0.898. The van der Waals surface area contributed by atoms with Gasteiger partial charge in [-0.05, 0) is 12.1 Å². The van der Waals surface area contributed by atoms with Crippen molar-refractivity contribution in [3.63, 3.8) is 0 Å². The van der Waals surface area contributed by atoms with Crippen molar-refractivity contribution in [2.75, 3.05) is 23.4 Å². The van der Waals surface area contributed by atoms with Gasteiger partial charge in [-0.2, -0.15) is 11.8 Å². The van der Waals surface area contributed by atoms with E-state index in [4.69, 9.17) is 11.6 Å². The molecule has 0 aliphatic carbocycles. The van der Waals surface area contributed by atoms with E-state index in [0.717, 1.165) is 18.1 Å². The van der Waals surface area contributed by atoms with Crippen LogP contribution in [0.25, 0.3) is 0 Å². The molecule has 1 aromatic carbocycles. The summed E-state index contributed by atoms with van der Waals surface area (Å²) in [7, 11) is 0. The van der Waals surface area contributed by atoms with Gasteiger partial charge in [0.25, 0.3) is 0 Å². The second-order valence-corrected chi connectivity index (χ2v) is 5.63. The molecule has 18 heavy (non-hydrogen) atoms. The van der Waals surface area contributed by atoms with Crippen LogP contribution in [0.3, 0.4) is 0 Å². The van der Waals surface area contributed by atoms with Gasteiger partial charge in [0, 0.05) is 30.5 Å². The van der Waals surface area contributed by atoms with Gasteiger partial charge in [-0.25, -0.2) is 4.39 Å². The molecule has 2 N–H and O–H groups in total. The molecule has 6 heteroatoms. The standard InChI is InChI=1S/C12H14ClFN2OS/c13-9-2-1-3-10(14)12(9)16-11(17)6-8-7-18-5-4-15-8/h1-3,8,15H,4-7H2,(H,16,17). The van der Waals surface area contributed by atoms with E-state index in [1.54, 1.807) is 6.07 Å². The van der Waals surface area contributed by atoms with Crippen molar-refractivity contribution in [3.05, 3.63) is 29.0 Å². The molecule has 0 bridgehead atoms. The molecule has 1 aromatic rings. The minimum absolute atomic E-state index is 0.0626. The number of hydrogen-bond donors (Lipinski definition) is 2. The van der Waals surface area contributed by atoms with Crippen molar-refractivity contribution in [1.82, 2.24) is 5.32 Å². The lowest BCUT2D eigenvalue weighted by atomic mass is 10.2. The predicted molar refractivity (Wildman–Crippen MR) is 73.8 cm³/mol. The lowest BCUT2D eigenvalue weighted by Crippen LogP contribution is -2.40. The molecule has 1 aliphatic rings. The Hall–Kier alpha value is -0.780. The van der Waals surface area contributed by atoms with Gasteiger partial charge in [0.15, 0.2) is 0 Å². The number of amides is 1. The Bertz CT molecular complexity index is 418. The smallest absolute Gasteiger partial charge is 0.226 e. The van der Waals surface area contributed by atoms with Crippen LogP contribution >= 0.6 is 23.4 Å². The highest BCUT2D eigenvalue weighted by Gasteiger charge is 2.18. The Morgan fingerprint density at radius 3 is 3.11 bits per heavy atom. The molecule has 0 radical (unpaired) electrons. The molecule has 0 saturated carbocycles. The Balaban J connectivity index is 1.94. The molecule has 98 valence electrons. The number of para-hydroxylation sites is 1. The molecule has 1 unspecified atom stereocenters. The third-order valence-electron chi connectivity index (χ3n) is 2.66. The summed E-state index contributed by atoms with van der Waals surface area (Å²) in [6.07, 6.45) is 0.331. The molecule has 1 aliphatic heterocycles. The topological polar surface area (TPSA) is 41.1 Å². The molecule has 1 atom stereocenters. The predicted octanol–water partition coefficient (Wildman–Crippen LogP) is 2.51. The first-order chi connectivity index (χ1) is 8.66. The van der Waals surface area contributed by atoms with E-state index in [1.807, 2.05) is 11.8 Å². The molecule has 0 spiro atoms. The van der Waals surface area contributed by atoms with Crippen molar-refractivity contribution >= 4 is 35.0 Å². The number of nitrogens with one attached hydrogen (secondary N) is 2. The van der Waals surface area contributed by atoms with Gasteiger partial charge >= 0.3 is 0 Å². The highest BCUT2D eigenvalue weighted by molar-refractivity contribution is 7.99. The Morgan fingerprint density at radius 1 is 1.61 bits per heavy atom. The summed E-state index contributed by atoms with van der Waals surface area (Å²) in [5.41, 5.74) is 0.0626.